The summed E-state index contributed by atoms with van der Waals surface area (Å²) in [5.74, 6) is 0. The lowest BCUT2D eigenvalue weighted by Crippen LogP contribution is -2.11. The van der Waals surface area contributed by atoms with E-state index < -0.39 is 0 Å². The second kappa shape index (κ2) is 6.42. The van der Waals surface area contributed by atoms with Gasteiger partial charge in [-0.15, -0.1) is 0 Å². The smallest absolute Gasteiger partial charge is 0.101 e. The minimum atomic E-state index is 0.889. The van der Waals surface area contributed by atoms with Crippen LogP contribution in [0, 0.1) is 0 Å². The minimum absolute atomic E-state index is 0.889. The fourth-order valence-electron chi connectivity index (χ4n) is 1.45. The fourth-order valence-corrected chi connectivity index (χ4v) is 2.23. The Hall–Kier alpha value is -1.32. The molecule has 0 bridgehead atoms. The third kappa shape index (κ3) is 3.88. The molecule has 0 spiro atoms. The highest BCUT2D eigenvalue weighted by Crippen LogP contribution is 2.25. The van der Waals surface area contributed by atoms with E-state index in [4.69, 9.17) is 0 Å². The van der Waals surface area contributed by atoms with E-state index >= 15 is 0 Å². The summed E-state index contributed by atoms with van der Waals surface area (Å²) in [6, 6.07) is 14.5. The molecule has 0 amide bonds. The minimum Gasteiger partial charge on any atom is -0.313 e. The molecule has 0 aliphatic heterocycles. The summed E-state index contributed by atoms with van der Waals surface area (Å²) in [6.45, 7) is 3.98. The van der Waals surface area contributed by atoms with E-state index in [0.717, 1.165) is 18.1 Å². The monoisotopic (exact) mass is 244 g/mol. The maximum Gasteiger partial charge on any atom is 0.101 e. The van der Waals surface area contributed by atoms with Crippen molar-refractivity contribution in [1.82, 2.24) is 10.3 Å². The van der Waals surface area contributed by atoms with Gasteiger partial charge in [-0.1, -0.05) is 43.0 Å². The van der Waals surface area contributed by atoms with Crippen LogP contribution >= 0.6 is 11.8 Å². The molecule has 1 aromatic carbocycles. The van der Waals surface area contributed by atoms with Crippen molar-refractivity contribution < 1.29 is 0 Å². The molecule has 0 unspecified atom stereocenters. The quantitative estimate of drug-likeness (QED) is 0.873. The molecule has 1 aromatic heterocycles. The number of hydrogen-bond donors (Lipinski definition) is 1. The van der Waals surface area contributed by atoms with Gasteiger partial charge in [-0.05, 0) is 30.3 Å². The fraction of sp³-hybridized carbons (Fsp3) is 0.214. The molecule has 0 atom stereocenters. The third-order valence-corrected chi connectivity index (χ3v) is 3.30. The first kappa shape index (κ1) is 12.1. The number of hydrogen-bond acceptors (Lipinski definition) is 3. The zero-order chi connectivity index (χ0) is 11.9. The van der Waals surface area contributed by atoms with Crippen molar-refractivity contribution in [3.63, 3.8) is 0 Å². The number of pyridine rings is 1. The number of aromatic nitrogens is 1. The van der Waals surface area contributed by atoms with Crippen LogP contribution in [0.3, 0.4) is 0 Å². The van der Waals surface area contributed by atoms with E-state index in [0.29, 0.717) is 0 Å². The van der Waals surface area contributed by atoms with E-state index in [1.807, 2.05) is 24.4 Å². The predicted octanol–water partition coefficient (Wildman–Crippen LogP) is 3.34. The van der Waals surface area contributed by atoms with Crippen LogP contribution in [0.2, 0.25) is 0 Å². The number of rotatable bonds is 5. The van der Waals surface area contributed by atoms with Gasteiger partial charge in [-0.3, -0.25) is 0 Å². The molecule has 2 rings (SSSR count). The maximum atomic E-state index is 4.45. The molecular formula is C14H16N2S. The first-order valence-corrected chi connectivity index (χ1v) is 6.58. The molecule has 2 nitrogen and oxygen atoms in total. The van der Waals surface area contributed by atoms with E-state index in [2.05, 4.69) is 41.5 Å². The third-order valence-electron chi connectivity index (χ3n) is 2.34. The van der Waals surface area contributed by atoms with Crippen LogP contribution < -0.4 is 5.32 Å². The van der Waals surface area contributed by atoms with Gasteiger partial charge in [0, 0.05) is 17.6 Å². The van der Waals surface area contributed by atoms with Crippen molar-refractivity contribution in [3.05, 3.63) is 54.2 Å². The molecule has 17 heavy (non-hydrogen) atoms. The van der Waals surface area contributed by atoms with Gasteiger partial charge in [0.25, 0.3) is 0 Å². The van der Waals surface area contributed by atoms with E-state index in [1.54, 1.807) is 11.8 Å². The molecule has 88 valence electrons. The van der Waals surface area contributed by atoms with E-state index in [-0.39, 0.29) is 0 Å². The number of nitrogens with one attached hydrogen (secondary N) is 1. The molecule has 0 radical (unpaired) electrons. The number of benzene rings is 1. The highest BCUT2D eigenvalue weighted by molar-refractivity contribution is 7.99. The summed E-state index contributed by atoms with van der Waals surface area (Å²) in [5, 5.41) is 4.33. The van der Waals surface area contributed by atoms with Crippen LogP contribution in [0.5, 0.6) is 0 Å². The summed E-state index contributed by atoms with van der Waals surface area (Å²) in [4.78, 5) is 5.67. The Balaban J connectivity index is 1.98. The van der Waals surface area contributed by atoms with Crippen molar-refractivity contribution in [1.29, 1.82) is 0 Å². The summed E-state index contributed by atoms with van der Waals surface area (Å²) < 4.78 is 0. The van der Waals surface area contributed by atoms with Crippen LogP contribution in [-0.4, -0.2) is 11.5 Å². The standard InChI is InChI=1S/C14H16N2S/c1-2-15-10-12-8-9-14(16-11-12)17-13-6-4-3-5-7-13/h3-9,11,15H,2,10H2,1H3. The molecule has 2 aromatic rings. The molecule has 0 fully saturated rings. The largest absolute Gasteiger partial charge is 0.313 e. The van der Waals surface area contributed by atoms with Crippen LogP contribution in [-0.2, 0) is 6.54 Å². The zero-order valence-electron chi connectivity index (χ0n) is 9.89. The van der Waals surface area contributed by atoms with Gasteiger partial charge >= 0.3 is 0 Å². The molecule has 0 saturated carbocycles. The van der Waals surface area contributed by atoms with Crippen molar-refractivity contribution in [2.45, 2.75) is 23.4 Å². The molecule has 0 aliphatic rings. The number of nitrogens with zero attached hydrogens (tertiary/aromatic N) is 1. The van der Waals surface area contributed by atoms with Gasteiger partial charge < -0.3 is 5.32 Å². The lowest BCUT2D eigenvalue weighted by atomic mass is 10.3. The molecule has 3 heteroatoms. The Bertz CT molecular complexity index is 440. The highest BCUT2D eigenvalue weighted by Gasteiger charge is 1.98. The average Bonchev–Trinajstić information content (AvgIpc) is 2.39. The van der Waals surface area contributed by atoms with Gasteiger partial charge in [0.15, 0.2) is 0 Å². The van der Waals surface area contributed by atoms with Gasteiger partial charge in [0.2, 0.25) is 0 Å². The second-order valence-electron chi connectivity index (χ2n) is 3.70. The van der Waals surface area contributed by atoms with Crippen LogP contribution in [0.15, 0.2) is 58.6 Å². The summed E-state index contributed by atoms with van der Waals surface area (Å²) in [5.41, 5.74) is 1.23. The van der Waals surface area contributed by atoms with Crippen molar-refractivity contribution >= 4 is 11.8 Å². The van der Waals surface area contributed by atoms with Gasteiger partial charge in [-0.25, -0.2) is 4.98 Å². The van der Waals surface area contributed by atoms with Gasteiger partial charge in [0.1, 0.15) is 5.03 Å². The Morgan fingerprint density at radius 3 is 2.59 bits per heavy atom. The molecule has 1 N–H and O–H groups in total. The molecule has 0 saturated heterocycles. The normalized spacial score (nSPS) is 10.4. The Morgan fingerprint density at radius 2 is 1.94 bits per heavy atom. The zero-order valence-corrected chi connectivity index (χ0v) is 10.7. The van der Waals surface area contributed by atoms with Crippen LogP contribution in [0.4, 0.5) is 0 Å². The molecule has 1 heterocycles. The Morgan fingerprint density at radius 1 is 1.12 bits per heavy atom. The lowest BCUT2D eigenvalue weighted by Gasteiger charge is -2.03. The Labute approximate surface area is 106 Å². The highest BCUT2D eigenvalue weighted by atomic mass is 32.2. The van der Waals surface area contributed by atoms with Gasteiger partial charge in [-0.2, -0.15) is 0 Å². The SMILES string of the molecule is CCNCc1ccc(Sc2ccccc2)nc1. The van der Waals surface area contributed by atoms with Crippen LogP contribution in [0.1, 0.15) is 12.5 Å². The predicted molar refractivity (Wildman–Crippen MR) is 72.2 cm³/mol. The van der Waals surface area contributed by atoms with Crippen molar-refractivity contribution in [2.24, 2.45) is 0 Å². The summed E-state index contributed by atoms with van der Waals surface area (Å²) in [7, 11) is 0. The van der Waals surface area contributed by atoms with Crippen LogP contribution in [0.25, 0.3) is 0 Å². The maximum absolute atomic E-state index is 4.45. The molecule has 0 aliphatic carbocycles. The second-order valence-corrected chi connectivity index (χ2v) is 4.79. The first-order chi connectivity index (χ1) is 8.38. The summed E-state index contributed by atoms with van der Waals surface area (Å²) in [6.07, 6.45) is 1.94. The Kier molecular flexibility index (Phi) is 4.59. The van der Waals surface area contributed by atoms with Crippen molar-refractivity contribution in [2.75, 3.05) is 6.54 Å². The lowest BCUT2D eigenvalue weighted by molar-refractivity contribution is 0.723. The van der Waals surface area contributed by atoms with E-state index in [1.165, 1.54) is 10.5 Å². The van der Waals surface area contributed by atoms with E-state index in [9.17, 15) is 0 Å². The van der Waals surface area contributed by atoms with Crippen molar-refractivity contribution in [3.8, 4) is 0 Å². The topological polar surface area (TPSA) is 24.9 Å². The first-order valence-electron chi connectivity index (χ1n) is 5.77. The van der Waals surface area contributed by atoms with Gasteiger partial charge in [0.05, 0.1) is 0 Å². The summed E-state index contributed by atoms with van der Waals surface area (Å²) >= 11 is 1.69. The average molecular weight is 244 g/mol. The molecular weight excluding hydrogens is 228 g/mol.